The standard InChI is InChI=1S/C16H30N2O3/c1-7-16(8-2)15(20)18(9-12(5)10-21-6)13(11(3)4)14(19)17-16/h11-13H,7-10H2,1-6H3,(H,17,19). The fourth-order valence-corrected chi connectivity index (χ4v) is 3.17. The zero-order valence-corrected chi connectivity index (χ0v) is 14.2. The molecule has 0 aromatic heterocycles. The molecule has 1 saturated heterocycles. The summed E-state index contributed by atoms with van der Waals surface area (Å²) in [6.07, 6.45) is 1.24. The van der Waals surface area contributed by atoms with Gasteiger partial charge in [-0.2, -0.15) is 0 Å². The van der Waals surface area contributed by atoms with Gasteiger partial charge in [-0.15, -0.1) is 0 Å². The number of rotatable bonds is 7. The van der Waals surface area contributed by atoms with Gasteiger partial charge in [-0.05, 0) is 24.7 Å². The maximum atomic E-state index is 13.0. The third-order valence-electron chi connectivity index (χ3n) is 4.44. The molecule has 0 bridgehead atoms. The molecule has 1 fully saturated rings. The molecule has 0 spiro atoms. The van der Waals surface area contributed by atoms with Crippen molar-refractivity contribution < 1.29 is 14.3 Å². The number of ether oxygens (including phenoxy) is 1. The van der Waals surface area contributed by atoms with E-state index in [1.54, 1.807) is 12.0 Å². The Hall–Kier alpha value is -1.10. The number of methoxy groups -OCH3 is 1. The third-order valence-corrected chi connectivity index (χ3v) is 4.44. The summed E-state index contributed by atoms with van der Waals surface area (Å²) in [5.41, 5.74) is -0.741. The van der Waals surface area contributed by atoms with Crippen LogP contribution in [0.4, 0.5) is 0 Å². The van der Waals surface area contributed by atoms with E-state index in [9.17, 15) is 9.59 Å². The van der Waals surface area contributed by atoms with Crippen LogP contribution < -0.4 is 5.32 Å². The first-order valence-electron chi connectivity index (χ1n) is 7.95. The number of hydrogen-bond donors (Lipinski definition) is 1. The summed E-state index contributed by atoms with van der Waals surface area (Å²) in [5, 5.41) is 2.98. The van der Waals surface area contributed by atoms with Gasteiger partial charge < -0.3 is 15.0 Å². The Morgan fingerprint density at radius 3 is 2.24 bits per heavy atom. The molecule has 0 aromatic rings. The van der Waals surface area contributed by atoms with Gasteiger partial charge in [0.05, 0.1) is 6.61 Å². The minimum absolute atomic E-state index is 0.0297. The maximum Gasteiger partial charge on any atom is 0.249 e. The van der Waals surface area contributed by atoms with Gasteiger partial charge in [-0.3, -0.25) is 9.59 Å². The van der Waals surface area contributed by atoms with E-state index in [2.05, 4.69) is 5.32 Å². The molecule has 5 heteroatoms. The molecule has 2 atom stereocenters. The highest BCUT2D eigenvalue weighted by Crippen LogP contribution is 2.28. The Labute approximate surface area is 128 Å². The molecule has 0 aliphatic carbocycles. The first-order chi connectivity index (χ1) is 9.82. The second-order valence-corrected chi connectivity index (χ2v) is 6.49. The Balaban J connectivity index is 3.09. The fraction of sp³-hybridized carbons (Fsp3) is 0.875. The molecule has 1 aliphatic heterocycles. The normalized spacial score (nSPS) is 23.4. The van der Waals surface area contributed by atoms with E-state index in [0.717, 1.165) is 0 Å². The molecule has 122 valence electrons. The molecule has 21 heavy (non-hydrogen) atoms. The Bertz CT molecular complexity index is 378. The van der Waals surface area contributed by atoms with Crippen molar-refractivity contribution in [1.82, 2.24) is 10.2 Å². The first-order valence-corrected chi connectivity index (χ1v) is 7.95. The molecule has 2 unspecified atom stereocenters. The van der Waals surface area contributed by atoms with Crippen molar-refractivity contribution in [3.05, 3.63) is 0 Å². The van der Waals surface area contributed by atoms with Gasteiger partial charge in [0.25, 0.3) is 0 Å². The lowest BCUT2D eigenvalue weighted by Gasteiger charge is -2.47. The summed E-state index contributed by atoms with van der Waals surface area (Å²) < 4.78 is 5.17. The second-order valence-electron chi connectivity index (χ2n) is 6.49. The average molecular weight is 298 g/mol. The minimum Gasteiger partial charge on any atom is -0.384 e. The predicted molar refractivity (Wildman–Crippen MR) is 82.8 cm³/mol. The first kappa shape index (κ1) is 18.0. The van der Waals surface area contributed by atoms with Crippen LogP contribution in [0.3, 0.4) is 0 Å². The minimum atomic E-state index is -0.741. The van der Waals surface area contributed by atoms with Crippen molar-refractivity contribution in [2.75, 3.05) is 20.3 Å². The van der Waals surface area contributed by atoms with Crippen LogP contribution in [0.5, 0.6) is 0 Å². The molecular weight excluding hydrogens is 268 g/mol. The number of carbonyl (C=O) groups excluding carboxylic acids is 2. The highest BCUT2D eigenvalue weighted by molar-refractivity contribution is 5.99. The monoisotopic (exact) mass is 298 g/mol. The van der Waals surface area contributed by atoms with Crippen molar-refractivity contribution in [3.8, 4) is 0 Å². The van der Waals surface area contributed by atoms with Gasteiger partial charge in [-0.25, -0.2) is 0 Å². The lowest BCUT2D eigenvalue weighted by Crippen LogP contribution is -2.71. The summed E-state index contributed by atoms with van der Waals surface area (Å²) in [6.45, 7) is 11.1. The Morgan fingerprint density at radius 1 is 1.24 bits per heavy atom. The van der Waals surface area contributed by atoms with Crippen LogP contribution in [0.2, 0.25) is 0 Å². The summed E-state index contributed by atoms with van der Waals surface area (Å²) in [6, 6.07) is -0.386. The molecule has 0 radical (unpaired) electrons. The molecule has 0 aromatic carbocycles. The summed E-state index contributed by atoms with van der Waals surface area (Å²) in [4.78, 5) is 27.3. The lowest BCUT2D eigenvalue weighted by molar-refractivity contribution is -0.158. The van der Waals surface area contributed by atoms with E-state index in [1.807, 2.05) is 34.6 Å². The summed E-state index contributed by atoms with van der Waals surface area (Å²) in [7, 11) is 1.66. The fourth-order valence-electron chi connectivity index (χ4n) is 3.17. The van der Waals surface area contributed by atoms with Crippen LogP contribution in [0, 0.1) is 11.8 Å². The maximum absolute atomic E-state index is 13.0. The van der Waals surface area contributed by atoms with Crippen LogP contribution in [0.25, 0.3) is 0 Å². The topological polar surface area (TPSA) is 58.6 Å². The van der Waals surface area contributed by atoms with Gasteiger partial charge in [0.1, 0.15) is 11.6 Å². The molecule has 1 rings (SSSR count). The largest absolute Gasteiger partial charge is 0.384 e. The molecule has 1 aliphatic rings. The molecule has 0 saturated carbocycles. The van der Waals surface area contributed by atoms with Crippen LogP contribution in [0.1, 0.15) is 47.5 Å². The van der Waals surface area contributed by atoms with Crippen LogP contribution in [-0.2, 0) is 14.3 Å². The van der Waals surface area contributed by atoms with E-state index >= 15 is 0 Å². The molecule has 5 nitrogen and oxygen atoms in total. The molecule has 1 heterocycles. The van der Waals surface area contributed by atoms with Crippen molar-refractivity contribution in [2.45, 2.75) is 59.0 Å². The highest BCUT2D eigenvalue weighted by Gasteiger charge is 2.49. The Kier molecular flexibility index (Phi) is 6.20. The zero-order chi connectivity index (χ0) is 16.2. The number of nitrogens with one attached hydrogen (secondary N) is 1. The van der Waals surface area contributed by atoms with Gasteiger partial charge in [0, 0.05) is 13.7 Å². The van der Waals surface area contributed by atoms with Crippen molar-refractivity contribution in [1.29, 1.82) is 0 Å². The van der Waals surface area contributed by atoms with E-state index in [-0.39, 0.29) is 29.7 Å². The van der Waals surface area contributed by atoms with Gasteiger partial charge in [0.2, 0.25) is 11.8 Å². The van der Waals surface area contributed by atoms with Crippen LogP contribution in [0.15, 0.2) is 0 Å². The number of piperazine rings is 1. The van der Waals surface area contributed by atoms with Crippen LogP contribution in [-0.4, -0.2) is 48.6 Å². The SMILES string of the molecule is CCC1(CC)NC(=O)C(C(C)C)N(CC(C)COC)C1=O. The number of hydrogen-bond acceptors (Lipinski definition) is 3. The summed E-state index contributed by atoms with van der Waals surface area (Å²) >= 11 is 0. The molecule has 2 amide bonds. The van der Waals surface area contributed by atoms with Crippen molar-refractivity contribution >= 4 is 11.8 Å². The van der Waals surface area contributed by atoms with E-state index < -0.39 is 5.54 Å². The average Bonchev–Trinajstić information content (AvgIpc) is 2.42. The number of nitrogens with zero attached hydrogens (tertiary/aromatic N) is 1. The van der Waals surface area contributed by atoms with E-state index in [0.29, 0.717) is 26.0 Å². The summed E-state index contributed by atoms with van der Waals surface area (Å²) in [5.74, 6) is 0.319. The van der Waals surface area contributed by atoms with Crippen molar-refractivity contribution in [2.24, 2.45) is 11.8 Å². The quantitative estimate of drug-likeness (QED) is 0.780. The van der Waals surface area contributed by atoms with Gasteiger partial charge >= 0.3 is 0 Å². The molecule has 1 N–H and O–H groups in total. The van der Waals surface area contributed by atoms with Crippen molar-refractivity contribution in [3.63, 3.8) is 0 Å². The number of amides is 2. The van der Waals surface area contributed by atoms with E-state index in [4.69, 9.17) is 4.74 Å². The molecular formula is C16H30N2O3. The highest BCUT2D eigenvalue weighted by atomic mass is 16.5. The Morgan fingerprint density at radius 2 is 1.81 bits per heavy atom. The zero-order valence-electron chi connectivity index (χ0n) is 14.2. The van der Waals surface area contributed by atoms with E-state index in [1.165, 1.54) is 0 Å². The van der Waals surface area contributed by atoms with Crippen LogP contribution >= 0.6 is 0 Å². The number of carbonyl (C=O) groups is 2. The lowest BCUT2D eigenvalue weighted by atomic mass is 9.84. The third kappa shape index (κ3) is 3.57. The van der Waals surface area contributed by atoms with Gasteiger partial charge in [0.15, 0.2) is 0 Å². The predicted octanol–water partition coefficient (Wildman–Crippen LogP) is 1.81. The van der Waals surface area contributed by atoms with Gasteiger partial charge in [-0.1, -0.05) is 34.6 Å². The second kappa shape index (κ2) is 7.25. The smallest absolute Gasteiger partial charge is 0.249 e.